The first-order valence-electron chi connectivity index (χ1n) is 5.33. The van der Waals surface area contributed by atoms with Crippen LogP contribution in [-0.2, 0) is 7.05 Å². The number of aromatic nitrogens is 4. The molecule has 0 atom stereocenters. The topological polar surface area (TPSA) is 66.7 Å². The van der Waals surface area contributed by atoms with Crippen molar-refractivity contribution < 1.29 is 5.11 Å². The largest absolute Gasteiger partial charge is 0.508 e. The summed E-state index contributed by atoms with van der Waals surface area (Å²) in [5, 5.41) is 13.7. The number of benzene rings is 1. The Morgan fingerprint density at radius 3 is 2.82 bits per heavy atom. The van der Waals surface area contributed by atoms with Crippen LogP contribution in [0.3, 0.4) is 0 Å². The Hall–Kier alpha value is -2.30. The van der Waals surface area contributed by atoms with Crippen molar-refractivity contribution in [2.45, 2.75) is 6.92 Å². The van der Waals surface area contributed by atoms with Gasteiger partial charge in [0.25, 0.3) is 0 Å². The predicted octanol–water partition coefficient (Wildman–Crippen LogP) is 1.98. The molecular weight excluding hydrogens is 216 g/mol. The van der Waals surface area contributed by atoms with Gasteiger partial charge in [-0.05, 0) is 25.1 Å². The molecule has 0 aliphatic heterocycles. The molecule has 0 aliphatic carbocycles. The van der Waals surface area contributed by atoms with Gasteiger partial charge in [0.1, 0.15) is 11.4 Å². The third kappa shape index (κ3) is 1.56. The van der Waals surface area contributed by atoms with E-state index in [2.05, 4.69) is 15.1 Å². The van der Waals surface area contributed by atoms with Crippen LogP contribution < -0.4 is 0 Å². The van der Waals surface area contributed by atoms with Crippen molar-refractivity contribution in [1.29, 1.82) is 0 Å². The molecule has 2 heterocycles. The Labute approximate surface area is 97.7 Å². The molecule has 0 saturated heterocycles. The van der Waals surface area contributed by atoms with E-state index in [-0.39, 0.29) is 5.75 Å². The van der Waals surface area contributed by atoms with Crippen molar-refractivity contribution in [2.24, 2.45) is 7.05 Å². The van der Waals surface area contributed by atoms with E-state index in [1.807, 2.05) is 20.0 Å². The molecule has 17 heavy (non-hydrogen) atoms. The summed E-state index contributed by atoms with van der Waals surface area (Å²) in [5.74, 6) is 0.989. The van der Waals surface area contributed by atoms with Gasteiger partial charge in [-0.2, -0.15) is 5.10 Å². The second-order valence-electron chi connectivity index (χ2n) is 4.08. The minimum atomic E-state index is 0.230. The fourth-order valence-electron chi connectivity index (χ4n) is 1.95. The number of hydrogen-bond donors (Lipinski definition) is 2. The minimum Gasteiger partial charge on any atom is -0.508 e. The highest BCUT2D eigenvalue weighted by molar-refractivity contribution is 5.80. The van der Waals surface area contributed by atoms with Gasteiger partial charge in [-0.3, -0.25) is 4.68 Å². The van der Waals surface area contributed by atoms with E-state index in [0.717, 1.165) is 28.2 Å². The highest BCUT2D eigenvalue weighted by atomic mass is 16.3. The van der Waals surface area contributed by atoms with Gasteiger partial charge in [-0.15, -0.1) is 0 Å². The molecule has 5 nitrogen and oxygen atoms in total. The number of aryl methyl sites for hydroxylation is 2. The first-order valence-corrected chi connectivity index (χ1v) is 5.33. The number of phenols is 1. The Bertz CT molecular complexity index is 696. The zero-order valence-corrected chi connectivity index (χ0v) is 9.60. The van der Waals surface area contributed by atoms with Gasteiger partial charge in [0, 0.05) is 13.1 Å². The highest BCUT2D eigenvalue weighted by Crippen LogP contribution is 2.23. The number of rotatable bonds is 1. The number of H-pyrrole nitrogens is 1. The maximum atomic E-state index is 9.40. The zero-order chi connectivity index (χ0) is 12.0. The molecule has 0 spiro atoms. The molecule has 0 amide bonds. The van der Waals surface area contributed by atoms with Crippen LogP contribution in [0.15, 0.2) is 24.3 Å². The van der Waals surface area contributed by atoms with Gasteiger partial charge in [-0.25, -0.2) is 4.98 Å². The van der Waals surface area contributed by atoms with Crippen LogP contribution in [0.1, 0.15) is 5.69 Å². The number of fused-ring (bicyclic) bond motifs is 1. The zero-order valence-electron chi connectivity index (χ0n) is 9.60. The number of nitrogens with zero attached hydrogens (tertiary/aromatic N) is 3. The molecule has 0 aliphatic rings. The van der Waals surface area contributed by atoms with Crippen molar-refractivity contribution in [3.63, 3.8) is 0 Å². The smallest absolute Gasteiger partial charge is 0.156 e. The molecule has 5 heteroatoms. The van der Waals surface area contributed by atoms with Crippen LogP contribution >= 0.6 is 0 Å². The summed E-state index contributed by atoms with van der Waals surface area (Å²) in [7, 11) is 1.88. The number of imidazole rings is 1. The van der Waals surface area contributed by atoms with E-state index < -0.39 is 0 Å². The Kier molecular flexibility index (Phi) is 1.95. The van der Waals surface area contributed by atoms with Gasteiger partial charge in [0.05, 0.1) is 16.7 Å². The van der Waals surface area contributed by atoms with Crippen molar-refractivity contribution in [2.75, 3.05) is 0 Å². The normalized spacial score (nSPS) is 11.2. The number of nitrogens with one attached hydrogen (secondary N) is 1. The van der Waals surface area contributed by atoms with Crippen LogP contribution in [0, 0.1) is 6.92 Å². The van der Waals surface area contributed by atoms with Gasteiger partial charge >= 0.3 is 0 Å². The van der Waals surface area contributed by atoms with E-state index in [4.69, 9.17) is 0 Å². The lowest BCUT2D eigenvalue weighted by Gasteiger charge is -1.95. The quantitative estimate of drug-likeness (QED) is 0.669. The van der Waals surface area contributed by atoms with Crippen LogP contribution in [0.2, 0.25) is 0 Å². The molecule has 0 saturated carbocycles. The number of phenolic OH excluding ortho intramolecular Hbond substituents is 1. The second kappa shape index (κ2) is 3.35. The average Bonchev–Trinajstić information content (AvgIpc) is 2.80. The number of aromatic amines is 1. The lowest BCUT2D eigenvalue weighted by Crippen LogP contribution is -1.94. The summed E-state index contributed by atoms with van der Waals surface area (Å²) in [4.78, 5) is 7.65. The molecule has 2 aromatic heterocycles. The molecule has 0 radical (unpaired) electrons. The molecule has 2 N–H and O–H groups in total. The summed E-state index contributed by atoms with van der Waals surface area (Å²) in [6.45, 7) is 1.94. The van der Waals surface area contributed by atoms with E-state index in [1.54, 1.807) is 22.9 Å². The molecule has 3 rings (SSSR count). The van der Waals surface area contributed by atoms with E-state index in [0.29, 0.717) is 0 Å². The van der Waals surface area contributed by atoms with Crippen molar-refractivity contribution in [3.8, 4) is 17.3 Å². The van der Waals surface area contributed by atoms with Crippen LogP contribution in [0.25, 0.3) is 22.6 Å². The molecule has 0 unspecified atom stereocenters. The van der Waals surface area contributed by atoms with Crippen LogP contribution in [0.5, 0.6) is 5.75 Å². The Morgan fingerprint density at radius 1 is 1.29 bits per heavy atom. The fourth-order valence-corrected chi connectivity index (χ4v) is 1.95. The van der Waals surface area contributed by atoms with Crippen molar-refractivity contribution >= 4 is 11.0 Å². The number of hydrogen-bond acceptors (Lipinski definition) is 3. The van der Waals surface area contributed by atoms with Crippen LogP contribution in [-0.4, -0.2) is 24.9 Å². The van der Waals surface area contributed by atoms with Gasteiger partial charge in [-0.1, -0.05) is 0 Å². The number of aromatic hydroxyl groups is 1. The molecule has 0 fully saturated rings. The summed E-state index contributed by atoms with van der Waals surface area (Å²) in [5.41, 5.74) is 3.53. The molecule has 86 valence electrons. The lowest BCUT2D eigenvalue weighted by molar-refractivity contribution is 0.476. The van der Waals surface area contributed by atoms with E-state index in [1.165, 1.54) is 0 Å². The molecular formula is C12H12N4O. The molecule has 3 aromatic rings. The monoisotopic (exact) mass is 228 g/mol. The third-order valence-electron chi connectivity index (χ3n) is 2.71. The maximum absolute atomic E-state index is 9.40. The average molecular weight is 228 g/mol. The van der Waals surface area contributed by atoms with E-state index in [9.17, 15) is 5.11 Å². The third-order valence-corrected chi connectivity index (χ3v) is 2.71. The SMILES string of the molecule is Cc1cc(-c2nc3ccc(O)cc3[nH]2)n(C)n1. The summed E-state index contributed by atoms with van der Waals surface area (Å²) in [6, 6.07) is 7.04. The summed E-state index contributed by atoms with van der Waals surface area (Å²) in [6.07, 6.45) is 0. The first-order chi connectivity index (χ1) is 8.13. The minimum absolute atomic E-state index is 0.230. The molecule has 0 bridgehead atoms. The lowest BCUT2D eigenvalue weighted by atomic mass is 10.3. The van der Waals surface area contributed by atoms with Crippen molar-refractivity contribution in [3.05, 3.63) is 30.0 Å². The first kappa shape index (κ1) is 9.89. The second-order valence-corrected chi connectivity index (χ2v) is 4.08. The van der Waals surface area contributed by atoms with Gasteiger partial charge in [0.2, 0.25) is 0 Å². The van der Waals surface area contributed by atoms with Gasteiger partial charge < -0.3 is 10.1 Å². The van der Waals surface area contributed by atoms with E-state index >= 15 is 0 Å². The van der Waals surface area contributed by atoms with Gasteiger partial charge in [0.15, 0.2) is 5.82 Å². The van der Waals surface area contributed by atoms with Crippen molar-refractivity contribution in [1.82, 2.24) is 19.7 Å². The molecule has 1 aromatic carbocycles. The summed E-state index contributed by atoms with van der Waals surface area (Å²) < 4.78 is 1.78. The highest BCUT2D eigenvalue weighted by Gasteiger charge is 2.10. The predicted molar refractivity (Wildman–Crippen MR) is 64.7 cm³/mol. The fraction of sp³-hybridized carbons (Fsp3) is 0.167. The maximum Gasteiger partial charge on any atom is 0.156 e. The van der Waals surface area contributed by atoms with Crippen LogP contribution in [0.4, 0.5) is 0 Å². The standard InChI is InChI=1S/C12H12N4O/c1-7-5-11(16(2)15-7)12-13-9-4-3-8(17)6-10(9)14-12/h3-6,17H,1-2H3,(H,13,14). The Balaban J connectivity index is 2.21. The Morgan fingerprint density at radius 2 is 2.12 bits per heavy atom. The summed E-state index contributed by atoms with van der Waals surface area (Å²) >= 11 is 0.